The lowest BCUT2D eigenvalue weighted by Gasteiger charge is -2.22. The van der Waals surface area contributed by atoms with Crippen molar-refractivity contribution in [2.24, 2.45) is 0 Å². The third kappa shape index (κ3) is 2.76. The molecular weight excluding hydrogens is 236 g/mol. The standard InChI is InChI=1S/C16H18N2O/c1-3-18(14-9-6-8-13(17)11-14)16(19)15-10-5-4-7-12(15)2/h4-11H,3,17H2,1-2H3. The molecule has 3 heteroatoms. The van der Waals surface area contributed by atoms with Crippen LogP contribution in [-0.2, 0) is 0 Å². The van der Waals surface area contributed by atoms with Crippen LogP contribution in [0.1, 0.15) is 22.8 Å². The van der Waals surface area contributed by atoms with Gasteiger partial charge in [0, 0.05) is 23.5 Å². The highest BCUT2D eigenvalue weighted by Gasteiger charge is 2.17. The van der Waals surface area contributed by atoms with Crippen LogP contribution in [0.4, 0.5) is 11.4 Å². The summed E-state index contributed by atoms with van der Waals surface area (Å²) >= 11 is 0. The van der Waals surface area contributed by atoms with Gasteiger partial charge < -0.3 is 10.6 Å². The number of benzene rings is 2. The molecule has 0 fully saturated rings. The zero-order valence-electron chi connectivity index (χ0n) is 11.3. The first-order chi connectivity index (χ1) is 9.13. The number of carbonyl (C=O) groups excluding carboxylic acids is 1. The van der Waals surface area contributed by atoms with Crippen LogP contribution in [0.25, 0.3) is 0 Å². The highest BCUT2D eigenvalue weighted by atomic mass is 16.2. The second-order valence-electron chi connectivity index (χ2n) is 4.46. The fourth-order valence-electron chi connectivity index (χ4n) is 2.09. The minimum absolute atomic E-state index is 0.00574. The Bertz CT molecular complexity index is 593. The highest BCUT2D eigenvalue weighted by molar-refractivity contribution is 6.07. The molecule has 0 unspecified atom stereocenters. The van der Waals surface area contributed by atoms with Crippen LogP contribution in [0.2, 0.25) is 0 Å². The van der Waals surface area contributed by atoms with Gasteiger partial charge in [-0.25, -0.2) is 0 Å². The molecule has 98 valence electrons. The molecule has 19 heavy (non-hydrogen) atoms. The lowest BCUT2D eigenvalue weighted by Crippen LogP contribution is -2.31. The molecule has 2 rings (SSSR count). The lowest BCUT2D eigenvalue weighted by atomic mass is 10.1. The van der Waals surface area contributed by atoms with Gasteiger partial charge in [-0.1, -0.05) is 24.3 Å². The molecule has 0 aliphatic carbocycles. The predicted molar refractivity (Wildman–Crippen MR) is 79.4 cm³/mol. The number of amides is 1. The Morgan fingerprint density at radius 1 is 1.16 bits per heavy atom. The molecular formula is C16H18N2O. The van der Waals surface area contributed by atoms with Gasteiger partial charge in [-0.15, -0.1) is 0 Å². The summed E-state index contributed by atoms with van der Waals surface area (Å²) in [6, 6.07) is 15.0. The van der Waals surface area contributed by atoms with Crippen molar-refractivity contribution in [3.63, 3.8) is 0 Å². The van der Waals surface area contributed by atoms with E-state index in [9.17, 15) is 4.79 Å². The molecule has 0 aromatic heterocycles. The molecule has 2 N–H and O–H groups in total. The van der Waals surface area contributed by atoms with E-state index in [1.54, 1.807) is 4.90 Å². The number of aryl methyl sites for hydroxylation is 1. The van der Waals surface area contributed by atoms with E-state index in [0.717, 1.165) is 16.8 Å². The first kappa shape index (κ1) is 13.1. The second-order valence-corrected chi connectivity index (χ2v) is 4.46. The van der Waals surface area contributed by atoms with Crippen molar-refractivity contribution in [1.29, 1.82) is 0 Å². The first-order valence-electron chi connectivity index (χ1n) is 6.36. The average molecular weight is 254 g/mol. The Kier molecular flexibility index (Phi) is 3.85. The number of rotatable bonds is 3. The summed E-state index contributed by atoms with van der Waals surface area (Å²) in [5, 5.41) is 0. The summed E-state index contributed by atoms with van der Waals surface area (Å²) in [5.41, 5.74) is 8.98. The Hall–Kier alpha value is -2.29. The van der Waals surface area contributed by atoms with E-state index in [1.165, 1.54) is 0 Å². The Balaban J connectivity index is 2.38. The predicted octanol–water partition coefficient (Wildman–Crippen LogP) is 3.24. The van der Waals surface area contributed by atoms with Gasteiger partial charge in [-0.3, -0.25) is 4.79 Å². The third-order valence-corrected chi connectivity index (χ3v) is 3.12. The normalized spacial score (nSPS) is 10.2. The number of hydrogen-bond donors (Lipinski definition) is 1. The van der Waals surface area contributed by atoms with Crippen molar-refractivity contribution in [1.82, 2.24) is 0 Å². The van der Waals surface area contributed by atoms with E-state index < -0.39 is 0 Å². The molecule has 0 radical (unpaired) electrons. The third-order valence-electron chi connectivity index (χ3n) is 3.12. The molecule has 0 saturated carbocycles. The van der Waals surface area contributed by atoms with E-state index in [1.807, 2.05) is 62.4 Å². The van der Waals surface area contributed by atoms with Crippen LogP contribution >= 0.6 is 0 Å². The topological polar surface area (TPSA) is 46.3 Å². The maximum absolute atomic E-state index is 12.6. The van der Waals surface area contributed by atoms with Crippen LogP contribution in [0, 0.1) is 6.92 Å². The minimum Gasteiger partial charge on any atom is -0.399 e. The highest BCUT2D eigenvalue weighted by Crippen LogP contribution is 2.20. The lowest BCUT2D eigenvalue weighted by molar-refractivity contribution is 0.0988. The number of anilines is 2. The summed E-state index contributed by atoms with van der Waals surface area (Å²) in [6.45, 7) is 4.51. The SMILES string of the molecule is CCN(C(=O)c1ccccc1C)c1cccc(N)c1. The smallest absolute Gasteiger partial charge is 0.258 e. The molecule has 1 amide bonds. The number of carbonyl (C=O) groups is 1. The Morgan fingerprint density at radius 2 is 1.89 bits per heavy atom. The van der Waals surface area contributed by atoms with Crippen molar-refractivity contribution < 1.29 is 4.79 Å². The van der Waals surface area contributed by atoms with Gasteiger partial charge in [0.15, 0.2) is 0 Å². The summed E-state index contributed by atoms with van der Waals surface area (Å²) in [7, 11) is 0. The fourth-order valence-corrected chi connectivity index (χ4v) is 2.09. The number of nitrogen functional groups attached to an aromatic ring is 1. The Morgan fingerprint density at radius 3 is 2.53 bits per heavy atom. The van der Waals surface area contributed by atoms with E-state index in [2.05, 4.69) is 0 Å². The van der Waals surface area contributed by atoms with E-state index >= 15 is 0 Å². The monoisotopic (exact) mass is 254 g/mol. The van der Waals surface area contributed by atoms with Crippen molar-refractivity contribution in [3.05, 3.63) is 59.7 Å². The van der Waals surface area contributed by atoms with Crippen LogP contribution in [-0.4, -0.2) is 12.5 Å². The van der Waals surface area contributed by atoms with E-state index in [-0.39, 0.29) is 5.91 Å². The van der Waals surface area contributed by atoms with Crippen molar-refractivity contribution >= 4 is 17.3 Å². The van der Waals surface area contributed by atoms with Gasteiger partial charge in [-0.05, 0) is 43.7 Å². The van der Waals surface area contributed by atoms with Gasteiger partial charge in [0.25, 0.3) is 5.91 Å². The number of nitrogens with zero attached hydrogens (tertiary/aromatic N) is 1. The summed E-state index contributed by atoms with van der Waals surface area (Å²) < 4.78 is 0. The quantitative estimate of drug-likeness (QED) is 0.855. The fraction of sp³-hybridized carbons (Fsp3) is 0.188. The van der Waals surface area contributed by atoms with Gasteiger partial charge in [0.2, 0.25) is 0 Å². The van der Waals surface area contributed by atoms with Crippen LogP contribution in [0.15, 0.2) is 48.5 Å². The molecule has 0 saturated heterocycles. The molecule has 2 aromatic rings. The van der Waals surface area contributed by atoms with Gasteiger partial charge in [-0.2, -0.15) is 0 Å². The first-order valence-corrected chi connectivity index (χ1v) is 6.36. The van der Waals surface area contributed by atoms with Crippen LogP contribution in [0.5, 0.6) is 0 Å². The molecule has 0 spiro atoms. The van der Waals surface area contributed by atoms with Gasteiger partial charge in [0.1, 0.15) is 0 Å². The molecule has 0 atom stereocenters. The summed E-state index contributed by atoms with van der Waals surface area (Å²) in [6.07, 6.45) is 0. The Labute approximate surface area is 113 Å². The number of nitrogens with two attached hydrogens (primary N) is 1. The molecule has 3 nitrogen and oxygen atoms in total. The average Bonchev–Trinajstić information content (AvgIpc) is 2.40. The largest absolute Gasteiger partial charge is 0.399 e. The second kappa shape index (κ2) is 5.57. The molecule has 2 aromatic carbocycles. The maximum Gasteiger partial charge on any atom is 0.258 e. The number of hydrogen-bond acceptors (Lipinski definition) is 2. The van der Waals surface area contributed by atoms with Crippen LogP contribution in [0.3, 0.4) is 0 Å². The van der Waals surface area contributed by atoms with Crippen molar-refractivity contribution in [2.75, 3.05) is 17.2 Å². The van der Waals surface area contributed by atoms with Crippen LogP contribution < -0.4 is 10.6 Å². The van der Waals surface area contributed by atoms with Gasteiger partial charge in [0.05, 0.1) is 0 Å². The zero-order chi connectivity index (χ0) is 13.8. The van der Waals surface area contributed by atoms with E-state index in [4.69, 9.17) is 5.73 Å². The van der Waals surface area contributed by atoms with E-state index in [0.29, 0.717) is 12.2 Å². The zero-order valence-corrected chi connectivity index (χ0v) is 11.3. The molecule has 0 aliphatic heterocycles. The molecule has 0 bridgehead atoms. The summed E-state index contributed by atoms with van der Waals surface area (Å²) in [5.74, 6) is 0.00574. The van der Waals surface area contributed by atoms with Crippen molar-refractivity contribution in [3.8, 4) is 0 Å². The molecule has 0 aliphatic rings. The minimum atomic E-state index is 0.00574. The molecule has 0 heterocycles. The van der Waals surface area contributed by atoms with Gasteiger partial charge >= 0.3 is 0 Å². The maximum atomic E-state index is 12.6. The van der Waals surface area contributed by atoms with Crippen molar-refractivity contribution in [2.45, 2.75) is 13.8 Å². The summed E-state index contributed by atoms with van der Waals surface area (Å²) in [4.78, 5) is 14.3.